The van der Waals surface area contributed by atoms with Gasteiger partial charge in [0, 0.05) is 25.8 Å². The Hall–Kier alpha value is -1.17. The van der Waals surface area contributed by atoms with Crippen molar-refractivity contribution in [3.8, 4) is 5.75 Å². The predicted molar refractivity (Wildman–Crippen MR) is 84.2 cm³/mol. The summed E-state index contributed by atoms with van der Waals surface area (Å²) in [4.78, 5) is 2.82. The average Bonchev–Trinajstić information content (AvgIpc) is 2.87. The van der Waals surface area contributed by atoms with E-state index in [1.165, 1.54) is 6.42 Å². The van der Waals surface area contributed by atoms with Gasteiger partial charge in [-0.05, 0) is 31.0 Å². The van der Waals surface area contributed by atoms with Gasteiger partial charge in [0.1, 0.15) is 17.3 Å². The van der Waals surface area contributed by atoms with Crippen molar-refractivity contribution < 1.29 is 9.47 Å². The minimum Gasteiger partial charge on any atom is -0.492 e. The van der Waals surface area contributed by atoms with Crippen molar-refractivity contribution in [1.82, 2.24) is 4.90 Å². The maximum atomic E-state index is 5.77. The second-order valence-corrected chi connectivity index (χ2v) is 5.59. The number of hydrogen-bond acceptors (Lipinski definition) is 4. The molecule has 1 aliphatic heterocycles. The van der Waals surface area contributed by atoms with E-state index in [2.05, 4.69) is 4.90 Å². The van der Waals surface area contributed by atoms with Gasteiger partial charge in [-0.3, -0.25) is 4.90 Å². The van der Waals surface area contributed by atoms with E-state index < -0.39 is 0 Å². The summed E-state index contributed by atoms with van der Waals surface area (Å²) in [6.45, 7) is 4.71. The van der Waals surface area contributed by atoms with Crippen LogP contribution in [0, 0.1) is 5.92 Å². The first-order valence-electron chi connectivity index (χ1n) is 6.93. The molecule has 5 heteroatoms. The third-order valence-corrected chi connectivity index (χ3v) is 3.80. The third kappa shape index (κ3) is 4.44. The highest BCUT2D eigenvalue weighted by Crippen LogP contribution is 2.17. The molecule has 1 aliphatic rings. The Morgan fingerprint density at radius 3 is 3.10 bits per heavy atom. The molecule has 2 rings (SSSR count). The Morgan fingerprint density at radius 1 is 1.50 bits per heavy atom. The zero-order valence-corrected chi connectivity index (χ0v) is 12.7. The van der Waals surface area contributed by atoms with Crippen LogP contribution < -0.4 is 10.5 Å². The molecule has 0 aromatic heterocycles. The molecule has 4 nitrogen and oxygen atoms in total. The van der Waals surface area contributed by atoms with Gasteiger partial charge < -0.3 is 15.2 Å². The van der Waals surface area contributed by atoms with E-state index in [0.717, 1.165) is 37.6 Å². The first kappa shape index (κ1) is 15.2. The normalized spacial score (nSPS) is 19.1. The van der Waals surface area contributed by atoms with Gasteiger partial charge in [-0.2, -0.15) is 0 Å². The minimum absolute atomic E-state index is 0.400. The summed E-state index contributed by atoms with van der Waals surface area (Å²) >= 11 is 4.96. The first-order chi connectivity index (χ1) is 9.69. The standard InChI is InChI=1S/C15H22N2O2S/c1-18-11-12-5-6-17(10-12)7-8-19-14-4-2-3-13(9-14)15(16)20/h2-4,9,12H,5-8,10-11H2,1H3,(H2,16,20). The molecule has 0 amide bonds. The van der Waals surface area contributed by atoms with Crippen molar-refractivity contribution in [2.75, 3.05) is 40.0 Å². The molecule has 0 spiro atoms. The molecule has 1 unspecified atom stereocenters. The molecule has 0 aliphatic carbocycles. The number of nitrogens with two attached hydrogens (primary N) is 1. The molecule has 1 atom stereocenters. The van der Waals surface area contributed by atoms with Gasteiger partial charge in [-0.15, -0.1) is 0 Å². The van der Waals surface area contributed by atoms with Crippen LogP contribution in [0.1, 0.15) is 12.0 Å². The summed E-state index contributed by atoms with van der Waals surface area (Å²) < 4.78 is 11.0. The fourth-order valence-corrected chi connectivity index (χ4v) is 2.65. The van der Waals surface area contributed by atoms with Crippen molar-refractivity contribution in [1.29, 1.82) is 0 Å². The highest BCUT2D eigenvalue weighted by molar-refractivity contribution is 7.80. The van der Waals surface area contributed by atoms with Gasteiger partial charge in [-0.1, -0.05) is 24.4 Å². The number of nitrogens with zero attached hydrogens (tertiary/aromatic N) is 1. The van der Waals surface area contributed by atoms with Gasteiger partial charge in [-0.25, -0.2) is 0 Å². The predicted octanol–water partition coefficient (Wildman–Crippen LogP) is 1.67. The molecule has 110 valence electrons. The highest BCUT2D eigenvalue weighted by atomic mass is 32.1. The lowest BCUT2D eigenvalue weighted by molar-refractivity contribution is 0.150. The van der Waals surface area contributed by atoms with E-state index in [0.29, 0.717) is 17.5 Å². The van der Waals surface area contributed by atoms with Crippen LogP contribution in [0.2, 0.25) is 0 Å². The number of rotatable bonds is 7. The zero-order valence-electron chi connectivity index (χ0n) is 11.9. The van der Waals surface area contributed by atoms with Crippen LogP contribution in [-0.2, 0) is 4.74 Å². The van der Waals surface area contributed by atoms with Crippen LogP contribution in [-0.4, -0.2) is 49.8 Å². The Labute approximate surface area is 125 Å². The van der Waals surface area contributed by atoms with E-state index >= 15 is 0 Å². The van der Waals surface area contributed by atoms with Gasteiger partial charge >= 0.3 is 0 Å². The topological polar surface area (TPSA) is 47.7 Å². The molecule has 1 fully saturated rings. The highest BCUT2D eigenvalue weighted by Gasteiger charge is 2.21. The Bertz CT molecular complexity index is 453. The van der Waals surface area contributed by atoms with E-state index in [4.69, 9.17) is 27.4 Å². The smallest absolute Gasteiger partial charge is 0.120 e. The molecule has 1 saturated heterocycles. The van der Waals surface area contributed by atoms with Crippen molar-refractivity contribution in [2.45, 2.75) is 6.42 Å². The van der Waals surface area contributed by atoms with Crippen molar-refractivity contribution in [3.05, 3.63) is 29.8 Å². The first-order valence-corrected chi connectivity index (χ1v) is 7.34. The third-order valence-electron chi connectivity index (χ3n) is 3.57. The molecule has 2 N–H and O–H groups in total. The van der Waals surface area contributed by atoms with Crippen LogP contribution in [0.5, 0.6) is 5.75 Å². The van der Waals surface area contributed by atoms with Gasteiger partial charge in [0.2, 0.25) is 0 Å². The number of ether oxygens (including phenoxy) is 2. The maximum Gasteiger partial charge on any atom is 0.120 e. The molecule has 1 heterocycles. The number of methoxy groups -OCH3 is 1. The van der Waals surface area contributed by atoms with Gasteiger partial charge in [0.25, 0.3) is 0 Å². The molecule has 20 heavy (non-hydrogen) atoms. The van der Waals surface area contributed by atoms with E-state index in [1.54, 1.807) is 7.11 Å². The van der Waals surface area contributed by atoms with E-state index in [1.807, 2.05) is 24.3 Å². The second kappa shape index (κ2) is 7.57. The quantitative estimate of drug-likeness (QED) is 0.775. The molecule has 1 aromatic rings. The number of benzene rings is 1. The van der Waals surface area contributed by atoms with E-state index in [-0.39, 0.29) is 0 Å². The van der Waals surface area contributed by atoms with Crippen LogP contribution in [0.25, 0.3) is 0 Å². The zero-order chi connectivity index (χ0) is 14.4. The van der Waals surface area contributed by atoms with Gasteiger partial charge in [0.05, 0.1) is 6.61 Å². The summed E-state index contributed by atoms with van der Waals surface area (Å²) in [6.07, 6.45) is 1.21. The lowest BCUT2D eigenvalue weighted by Crippen LogP contribution is -2.26. The summed E-state index contributed by atoms with van der Waals surface area (Å²) in [5.74, 6) is 1.49. The van der Waals surface area contributed by atoms with Gasteiger partial charge in [0.15, 0.2) is 0 Å². The number of likely N-dealkylation sites (tertiary alicyclic amines) is 1. The molecule has 1 aromatic carbocycles. The molecule has 0 saturated carbocycles. The molecule has 0 radical (unpaired) electrons. The lowest BCUT2D eigenvalue weighted by atomic mass is 10.1. The summed E-state index contributed by atoms with van der Waals surface area (Å²) in [5.41, 5.74) is 6.46. The molecular formula is C15H22N2O2S. The summed E-state index contributed by atoms with van der Waals surface area (Å²) in [5, 5.41) is 0. The lowest BCUT2D eigenvalue weighted by Gasteiger charge is -2.16. The van der Waals surface area contributed by atoms with Crippen LogP contribution in [0.4, 0.5) is 0 Å². The van der Waals surface area contributed by atoms with Crippen LogP contribution >= 0.6 is 12.2 Å². The minimum atomic E-state index is 0.400. The maximum absolute atomic E-state index is 5.77. The van der Waals surface area contributed by atoms with Crippen LogP contribution in [0.3, 0.4) is 0 Å². The Balaban J connectivity index is 1.73. The van der Waals surface area contributed by atoms with Crippen molar-refractivity contribution in [2.24, 2.45) is 11.7 Å². The van der Waals surface area contributed by atoms with Crippen LogP contribution in [0.15, 0.2) is 24.3 Å². The second-order valence-electron chi connectivity index (χ2n) is 5.15. The monoisotopic (exact) mass is 294 g/mol. The Morgan fingerprint density at radius 2 is 2.35 bits per heavy atom. The summed E-state index contributed by atoms with van der Waals surface area (Å²) in [7, 11) is 1.76. The Kier molecular flexibility index (Phi) is 5.76. The number of hydrogen-bond donors (Lipinski definition) is 1. The SMILES string of the molecule is COCC1CCN(CCOc2cccc(C(N)=S)c2)C1. The average molecular weight is 294 g/mol. The van der Waals surface area contributed by atoms with E-state index in [9.17, 15) is 0 Å². The largest absolute Gasteiger partial charge is 0.492 e. The fraction of sp³-hybridized carbons (Fsp3) is 0.533. The molecular weight excluding hydrogens is 272 g/mol. The summed E-state index contributed by atoms with van der Waals surface area (Å²) in [6, 6.07) is 7.62. The van der Waals surface area contributed by atoms with Crippen molar-refractivity contribution in [3.63, 3.8) is 0 Å². The van der Waals surface area contributed by atoms with Crippen molar-refractivity contribution >= 4 is 17.2 Å². The molecule has 0 bridgehead atoms. The fourth-order valence-electron chi connectivity index (χ4n) is 2.52. The number of thiocarbonyl (C=S) groups is 1.